The third kappa shape index (κ3) is 7.36. The number of morpholine rings is 1. The normalized spacial score (nSPS) is 17.6. The van der Waals surface area contributed by atoms with Crippen LogP contribution in [0, 0.1) is 0 Å². The van der Waals surface area contributed by atoms with Gasteiger partial charge < -0.3 is 24.6 Å². The number of hydrogen-bond donors (Lipinski definition) is 1. The van der Waals surface area contributed by atoms with Crippen LogP contribution in [0.15, 0.2) is 59.5 Å². The summed E-state index contributed by atoms with van der Waals surface area (Å²) in [6, 6.07) is 16.1. The predicted octanol–water partition coefficient (Wildman–Crippen LogP) is 3.49. The number of fused-ring (bicyclic) bond motifs is 1. The second-order valence-electron chi connectivity index (χ2n) is 11.6. The van der Waals surface area contributed by atoms with Crippen molar-refractivity contribution in [3.05, 3.63) is 81.7 Å². The van der Waals surface area contributed by atoms with E-state index in [1.165, 1.54) is 50.4 Å². The van der Waals surface area contributed by atoms with Gasteiger partial charge in [-0.25, -0.2) is 13.2 Å². The molecule has 3 aliphatic heterocycles. The molecule has 1 N–H and O–H groups in total. The summed E-state index contributed by atoms with van der Waals surface area (Å²) >= 11 is 1.43. The maximum absolute atomic E-state index is 13.9. The number of carbonyl (C=O) groups excluding carboxylic acids is 3. The van der Waals surface area contributed by atoms with Gasteiger partial charge in [0.2, 0.25) is 10.0 Å². The summed E-state index contributed by atoms with van der Waals surface area (Å²) in [6.45, 7) is 6.94. The van der Waals surface area contributed by atoms with Crippen molar-refractivity contribution in [3.63, 3.8) is 0 Å². The molecule has 250 valence electrons. The molecule has 2 aromatic carbocycles. The predicted molar refractivity (Wildman–Crippen MR) is 177 cm³/mol. The molecule has 1 aromatic heterocycles. The average Bonchev–Trinajstić information content (AvgIpc) is 3.45. The second-order valence-corrected chi connectivity index (χ2v) is 14.7. The first-order valence-electron chi connectivity index (χ1n) is 15.9. The van der Waals surface area contributed by atoms with Gasteiger partial charge in [-0.15, -0.1) is 11.3 Å². The number of hydrogen-bond acceptors (Lipinski definition) is 9. The Hall–Kier alpha value is -3.82. The molecule has 3 aliphatic rings. The molecular formula is C33H39N5O7S2. The van der Waals surface area contributed by atoms with Crippen molar-refractivity contribution in [1.82, 2.24) is 19.0 Å². The van der Waals surface area contributed by atoms with Crippen LogP contribution in [-0.4, -0.2) is 111 Å². The van der Waals surface area contributed by atoms with Crippen molar-refractivity contribution < 1.29 is 32.3 Å². The van der Waals surface area contributed by atoms with Gasteiger partial charge in [-0.3, -0.25) is 14.5 Å². The molecule has 3 aromatic rings. The summed E-state index contributed by atoms with van der Waals surface area (Å²) in [5.74, 6) is -0.533. The monoisotopic (exact) mass is 681 g/mol. The lowest BCUT2D eigenvalue weighted by Gasteiger charge is -2.33. The van der Waals surface area contributed by atoms with Crippen LogP contribution >= 0.6 is 11.3 Å². The van der Waals surface area contributed by atoms with Crippen molar-refractivity contribution in [3.8, 4) is 0 Å². The molecule has 14 heteroatoms. The fraction of sp³-hybridized carbons (Fsp3) is 0.424. The summed E-state index contributed by atoms with van der Waals surface area (Å²) in [4.78, 5) is 46.1. The Morgan fingerprint density at radius 3 is 2.28 bits per heavy atom. The highest BCUT2D eigenvalue weighted by molar-refractivity contribution is 7.89. The highest BCUT2D eigenvalue weighted by Gasteiger charge is 2.33. The van der Waals surface area contributed by atoms with Crippen LogP contribution in [0.4, 0.5) is 9.80 Å². The topological polar surface area (TPSA) is 129 Å². The molecule has 0 spiro atoms. The summed E-state index contributed by atoms with van der Waals surface area (Å²) in [6.07, 6.45) is 0.242. The minimum absolute atomic E-state index is 0.0620. The van der Waals surface area contributed by atoms with Crippen LogP contribution < -0.4 is 5.32 Å². The molecule has 0 bridgehead atoms. The van der Waals surface area contributed by atoms with E-state index < -0.39 is 22.0 Å². The van der Waals surface area contributed by atoms with Gasteiger partial charge in [-0.2, -0.15) is 4.31 Å². The number of amides is 3. The first-order valence-corrected chi connectivity index (χ1v) is 18.1. The highest BCUT2D eigenvalue weighted by Crippen LogP contribution is 2.39. The molecule has 2 saturated heterocycles. The number of carbonyl (C=O) groups is 3. The lowest BCUT2D eigenvalue weighted by Crippen LogP contribution is -2.50. The van der Waals surface area contributed by atoms with Crippen LogP contribution in [0.2, 0.25) is 0 Å². The van der Waals surface area contributed by atoms with Crippen LogP contribution in [0.3, 0.4) is 0 Å². The summed E-state index contributed by atoms with van der Waals surface area (Å²) in [7, 11) is -3.83. The molecule has 47 heavy (non-hydrogen) atoms. The van der Waals surface area contributed by atoms with Crippen LogP contribution in [0.5, 0.6) is 0 Å². The zero-order valence-corrected chi connectivity index (χ0v) is 28.0. The quantitative estimate of drug-likeness (QED) is 0.383. The number of nitrogens with one attached hydrogen (secondary N) is 1. The van der Waals surface area contributed by atoms with Gasteiger partial charge in [-0.1, -0.05) is 30.3 Å². The first kappa shape index (κ1) is 33.1. The maximum atomic E-state index is 13.9. The van der Waals surface area contributed by atoms with E-state index in [-0.39, 0.29) is 49.2 Å². The SMILES string of the molecule is CCOC(=O)N1CCN(S(=O)(=O)c2ccc(C(=O)Nc3sc4c(c3C(=O)N3CCOCC3)CCN(Cc3ccccc3)C4)cc2)CC1. The number of thiophene rings is 1. The number of anilines is 1. The summed E-state index contributed by atoms with van der Waals surface area (Å²) < 4.78 is 38.5. The van der Waals surface area contributed by atoms with Crippen molar-refractivity contribution in [1.29, 1.82) is 0 Å². The minimum atomic E-state index is -3.83. The zero-order valence-electron chi connectivity index (χ0n) is 26.4. The smallest absolute Gasteiger partial charge is 0.409 e. The molecule has 0 unspecified atom stereocenters. The fourth-order valence-corrected chi connectivity index (χ4v) is 8.80. The molecular weight excluding hydrogens is 643 g/mol. The van der Waals surface area contributed by atoms with Crippen molar-refractivity contribution in [2.45, 2.75) is 31.3 Å². The number of nitrogens with zero attached hydrogens (tertiary/aromatic N) is 4. The lowest BCUT2D eigenvalue weighted by atomic mass is 10.0. The van der Waals surface area contributed by atoms with Gasteiger partial charge in [0.15, 0.2) is 0 Å². The first-order chi connectivity index (χ1) is 22.7. The largest absolute Gasteiger partial charge is 0.450 e. The van der Waals surface area contributed by atoms with Crippen molar-refractivity contribution in [2.75, 3.05) is 71.0 Å². The van der Waals surface area contributed by atoms with E-state index in [0.717, 1.165) is 23.5 Å². The number of ether oxygens (including phenoxy) is 2. The highest BCUT2D eigenvalue weighted by atomic mass is 32.2. The number of benzene rings is 2. The molecule has 0 saturated carbocycles. The maximum Gasteiger partial charge on any atom is 0.409 e. The van der Waals surface area contributed by atoms with Gasteiger partial charge in [-0.05, 0) is 48.7 Å². The average molecular weight is 682 g/mol. The van der Waals surface area contributed by atoms with E-state index in [0.29, 0.717) is 49.8 Å². The molecule has 2 fully saturated rings. The Morgan fingerprint density at radius 2 is 1.60 bits per heavy atom. The van der Waals surface area contributed by atoms with E-state index in [4.69, 9.17) is 9.47 Å². The van der Waals surface area contributed by atoms with Crippen molar-refractivity contribution in [2.24, 2.45) is 0 Å². The van der Waals surface area contributed by atoms with Gasteiger partial charge in [0, 0.05) is 69.3 Å². The van der Waals surface area contributed by atoms with Crippen LogP contribution in [0.25, 0.3) is 0 Å². The molecule has 0 aliphatic carbocycles. The zero-order chi connectivity index (χ0) is 33.0. The van der Waals surface area contributed by atoms with E-state index in [2.05, 4.69) is 22.3 Å². The molecule has 3 amide bonds. The summed E-state index contributed by atoms with van der Waals surface area (Å²) in [5.41, 5.74) is 3.02. The number of rotatable bonds is 8. The third-order valence-electron chi connectivity index (χ3n) is 8.64. The lowest BCUT2D eigenvalue weighted by molar-refractivity contribution is 0.0302. The van der Waals surface area contributed by atoms with Gasteiger partial charge in [0.05, 0.1) is 30.3 Å². The number of sulfonamides is 1. The van der Waals surface area contributed by atoms with E-state index >= 15 is 0 Å². The minimum Gasteiger partial charge on any atom is -0.450 e. The fourth-order valence-electron chi connectivity index (χ4n) is 6.10. The Morgan fingerprint density at radius 1 is 0.894 bits per heavy atom. The Labute approximate surface area is 278 Å². The van der Waals surface area contributed by atoms with Gasteiger partial charge >= 0.3 is 6.09 Å². The van der Waals surface area contributed by atoms with Gasteiger partial charge in [0.1, 0.15) is 5.00 Å². The Balaban J connectivity index is 1.18. The molecule has 4 heterocycles. The van der Waals surface area contributed by atoms with Gasteiger partial charge in [0.25, 0.3) is 11.8 Å². The van der Waals surface area contributed by atoms with Crippen LogP contribution in [-0.2, 0) is 39.0 Å². The van der Waals surface area contributed by atoms with Crippen LogP contribution in [0.1, 0.15) is 43.6 Å². The molecule has 0 atom stereocenters. The second kappa shape index (κ2) is 14.5. The van der Waals surface area contributed by atoms with E-state index in [1.54, 1.807) is 11.8 Å². The van der Waals surface area contributed by atoms with E-state index in [1.807, 2.05) is 18.2 Å². The standard InChI is InChI=1S/C33H39N5O7S2/c1-2-45-33(41)37-14-16-38(17-15-37)47(42,43)26-10-8-25(9-11-26)30(39)34-31-29(32(40)36-18-20-44-21-19-36)27-12-13-35(23-28(27)46-31)22-24-6-4-3-5-7-24/h3-11H,2,12-23H2,1H3,(H,34,39). The molecule has 6 rings (SSSR count). The Bertz CT molecular complexity index is 1700. The molecule has 0 radical (unpaired) electrons. The number of piperazine rings is 1. The Kier molecular flexibility index (Phi) is 10.2. The van der Waals surface area contributed by atoms with E-state index in [9.17, 15) is 22.8 Å². The van der Waals surface area contributed by atoms with Crippen molar-refractivity contribution >= 4 is 44.3 Å². The summed E-state index contributed by atoms with van der Waals surface area (Å²) in [5, 5.41) is 3.50. The third-order valence-corrected chi connectivity index (χ3v) is 11.7. The molecule has 12 nitrogen and oxygen atoms in total.